The van der Waals surface area contributed by atoms with E-state index in [4.69, 9.17) is 11.6 Å². The average molecular weight is 324 g/mol. The predicted octanol–water partition coefficient (Wildman–Crippen LogP) is 4.36. The van der Waals surface area contributed by atoms with E-state index < -0.39 is 0 Å². The third kappa shape index (κ3) is 3.73. The number of anilines is 1. The van der Waals surface area contributed by atoms with E-state index in [9.17, 15) is 4.79 Å². The molecule has 1 heterocycles. The number of aromatic nitrogens is 2. The normalized spacial score (nSPS) is 10.3. The van der Waals surface area contributed by atoms with Gasteiger partial charge in [0.2, 0.25) is 0 Å². The maximum atomic E-state index is 12.2. The van der Waals surface area contributed by atoms with Gasteiger partial charge in [0.1, 0.15) is 0 Å². The van der Waals surface area contributed by atoms with Crippen molar-refractivity contribution < 1.29 is 4.79 Å². The molecule has 2 aromatic carbocycles. The van der Waals surface area contributed by atoms with Gasteiger partial charge in [-0.25, -0.2) is 9.97 Å². The second-order valence-electron chi connectivity index (χ2n) is 5.12. The molecule has 1 aromatic heterocycles. The number of hydrogen-bond donors (Lipinski definition) is 1. The largest absolute Gasteiger partial charge is 0.322 e. The topological polar surface area (TPSA) is 54.9 Å². The summed E-state index contributed by atoms with van der Waals surface area (Å²) in [7, 11) is 0. The lowest BCUT2D eigenvalue weighted by molar-refractivity contribution is 0.102. The molecule has 0 fully saturated rings. The van der Waals surface area contributed by atoms with Crippen LogP contribution >= 0.6 is 11.6 Å². The lowest BCUT2D eigenvalue weighted by Crippen LogP contribution is -2.12. The van der Waals surface area contributed by atoms with Crippen LogP contribution in [0.5, 0.6) is 0 Å². The first-order valence-corrected chi connectivity index (χ1v) is 7.45. The van der Waals surface area contributed by atoms with Crippen molar-refractivity contribution >= 4 is 23.2 Å². The Kier molecular flexibility index (Phi) is 4.35. The van der Waals surface area contributed by atoms with Crippen molar-refractivity contribution in [3.63, 3.8) is 0 Å². The highest BCUT2D eigenvalue weighted by atomic mass is 35.5. The van der Waals surface area contributed by atoms with Gasteiger partial charge in [-0.15, -0.1) is 0 Å². The van der Waals surface area contributed by atoms with Crippen molar-refractivity contribution in [2.24, 2.45) is 0 Å². The molecule has 5 heteroatoms. The molecule has 0 spiro atoms. The summed E-state index contributed by atoms with van der Waals surface area (Å²) in [5.74, 6) is 0.310. The fraction of sp³-hybridized carbons (Fsp3) is 0.0556. The maximum Gasteiger partial charge on any atom is 0.258 e. The van der Waals surface area contributed by atoms with Gasteiger partial charge in [-0.2, -0.15) is 0 Å². The highest BCUT2D eigenvalue weighted by Crippen LogP contribution is 2.18. The monoisotopic (exact) mass is 323 g/mol. The first-order chi connectivity index (χ1) is 11.1. The Morgan fingerprint density at radius 1 is 0.957 bits per heavy atom. The third-order valence-electron chi connectivity index (χ3n) is 3.33. The van der Waals surface area contributed by atoms with Gasteiger partial charge >= 0.3 is 0 Å². The van der Waals surface area contributed by atoms with E-state index in [1.807, 2.05) is 43.3 Å². The van der Waals surface area contributed by atoms with Crippen LogP contribution in [0.25, 0.3) is 11.4 Å². The molecule has 0 saturated carbocycles. The summed E-state index contributed by atoms with van der Waals surface area (Å²) >= 11 is 5.86. The second kappa shape index (κ2) is 6.58. The van der Waals surface area contributed by atoms with Crippen LogP contribution in [0.4, 0.5) is 5.69 Å². The number of benzene rings is 2. The molecule has 0 atom stereocenters. The molecule has 3 aromatic rings. The van der Waals surface area contributed by atoms with Gasteiger partial charge in [-0.05, 0) is 43.3 Å². The number of amides is 1. The quantitative estimate of drug-likeness (QED) is 0.779. The summed E-state index contributed by atoms with van der Waals surface area (Å²) in [4.78, 5) is 20.7. The number of carbonyl (C=O) groups excluding carboxylic acids is 1. The minimum Gasteiger partial charge on any atom is -0.322 e. The van der Waals surface area contributed by atoms with Crippen LogP contribution < -0.4 is 5.32 Å². The van der Waals surface area contributed by atoms with Crippen LogP contribution in [0.3, 0.4) is 0 Å². The van der Waals surface area contributed by atoms with Gasteiger partial charge in [0, 0.05) is 28.7 Å². The first-order valence-electron chi connectivity index (χ1n) is 7.08. The Morgan fingerprint density at radius 3 is 2.17 bits per heavy atom. The average Bonchev–Trinajstić information content (AvgIpc) is 2.58. The molecule has 4 nitrogen and oxygen atoms in total. The summed E-state index contributed by atoms with van der Waals surface area (Å²) in [6.45, 7) is 1.99. The summed E-state index contributed by atoms with van der Waals surface area (Å²) in [6, 6.07) is 14.8. The van der Waals surface area contributed by atoms with Gasteiger partial charge in [0.05, 0.1) is 5.56 Å². The molecule has 0 bridgehead atoms. The van der Waals surface area contributed by atoms with E-state index in [2.05, 4.69) is 15.3 Å². The van der Waals surface area contributed by atoms with Gasteiger partial charge in [-0.1, -0.05) is 29.3 Å². The Hall–Kier alpha value is -2.72. The summed E-state index contributed by atoms with van der Waals surface area (Å²) in [6.07, 6.45) is 3.03. The Balaban J connectivity index is 1.74. The van der Waals surface area contributed by atoms with Crippen LogP contribution in [0.2, 0.25) is 5.02 Å². The third-order valence-corrected chi connectivity index (χ3v) is 3.58. The number of carbonyl (C=O) groups is 1. The summed E-state index contributed by atoms with van der Waals surface area (Å²) in [5, 5.41) is 3.47. The van der Waals surface area contributed by atoms with Crippen molar-refractivity contribution in [3.05, 3.63) is 77.1 Å². The van der Waals surface area contributed by atoms with Crippen molar-refractivity contribution in [2.45, 2.75) is 6.92 Å². The molecule has 0 saturated heterocycles. The number of rotatable bonds is 3. The predicted molar refractivity (Wildman–Crippen MR) is 91.6 cm³/mol. The van der Waals surface area contributed by atoms with Crippen molar-refractivity contribution in [1.29, 1.82) is 0 Å². The molecule has 0 aliphatic rings. The van der Waals surface area contributed by atoms with E-state index >= 15 is 0 Å². The van der Waals surface area contributed by atoms with E-state index in [1.54, 1.807) is 12.1 Å². The Morgan fingerprint density at radius 2 is 1.57 bits per heavy atom. The molecule has 3 rings (SSSR count). The zero-order valence-corrected chi connectivity index (χ0v) is 13.2. The fourth-order valence-corrected chi connectivity index (χ4v) is 2.16. The molecule has 114 valence electrons. The summed E-state index contributed by atoms with van der Waals surface area (Å²) in [5.41, 5.74) is 3.13. The van der Waals surface area contributed by atoms with Crippen LogP contribution in [-0.2, 0) is 0 Å². The van der Waals surface area contributed by atoms with Crippen LogP contribution in [-0.4, -0.2) is 15.9 Å². The molecule has 1 amide bonds. The molecule has 23 heavy (non-hydrogen) atoms. The van der Waals surface area contributed by atoms with Gasteiger partial charge < -0.3 is 5.32 Å². The fourth-order valence-electron chi connectivity index (χ4n) is 2.03. The molecule has 0 unspecified atom stereocenters. The minimum absolute atomic E-state index is 0.239. The number of halogens is 1. The molecule has 1 N–H and O–H groups in total. The van der Waals surface area contributed by atoms with E-state index in [0.29, 0.717) is 16.4 Å². The van der Waals surface area contributed by atoms with Crippen molar-refractivity contribution in [3.8, 4) is 11.4 Å². The molecule has 0 aliphatic heterocycles. The zero-order chi connectivity index (χ0) is 16.2. The number of hydrogen-bond acceptors (Lipinski definition) is 3. The maximum absolute atomic E-state index is 12.2. The molecular formula is C18H14ClN3O. The highest BCUT2D eigenvalue weighted by molar-refractivity contribution is 6.30. The molecule has 0 radical (unpaired) electrons. The highest BCUT2D eigenvalue weighted by Gasteiger charge is 2.08. The van der Waals surface area contributed by atoms with E-state index in [0.717, 1.165) is 16.8 Å². The van der Waals surface area contributed by atoms with Crippen LogP contribution in [0.1, 0.15) is 15.9 Å². The smallest absolute Gasteiger partial charge is 0.258 e. The van der Waals surface area contributed by atoms with Gasteiger partial charge in [0.25, 0.3) is 5.91 Å². The van der Waals surface area contributed by atoms with Gasteiger partial charge in [-0.3, -0.25) is 4.79 Å². The van der Waals surface area contributed by atoms with Crippen molar-refractivity contribution in [2.75, 3.05) is 5.32 Å². The zero-order valence-electron chi connectivity index (χ0n) is 12.5. The van der Waals surface area contributed by atoms with E-state index in [1.165, 1.54) is 12.4 Å². The van der Waals surface area contributed by atoms with E-state index in [-0.39, 0.29) is 5.91 Å². The number of aryl methyl sites for hydroxylation is 1. The van der Waals surface area contributed by atoms with Crippen LogP contribution in [0, 0.1) is 6.92 Å². The standard InChI is InChI=1S/C18H14ClN3O/c1-12-2-8-16(9-3-12)22-18(23)14-10-20-17(21-11-14)13-4-6-15(19)7-5-13/h2-11H,1H3,(H,22,23). The minimum atomic E-state index is -0.239. The first kappa shape index (κ1) is 15.2. The molecule has 0 aliphatic carbocycles. The number of nitrogens with zero attached hydrogens (tertiary/aromatic N) is 2. The number of nitrogens with one attached hydrogen (secondary N) is 1. The molecular weight excluding hydrogens is 310 g/mol. The Labute approximate surface area is 139 Å². The Bertz CT molecular complexity index is 812. The van der Waals surface area contributed by atoms with Crippen molar-refractivity contribution in [1.82, 2.24) is 9.97 Å². The summed E-state index contributed by atoms with van der Waals surface area (Å²) < 4.78 is 0. The van der Waals surface area contributed by atoms with Gasteiger partial charge in [0.15, 0.2) is 5.82 Å². The lowest BCUT2D eigenvalue weighted by Gasteiger charge is -2.06. The van der Waals surface area contributed by atoms with Crippen LogP contribution in [0.15, 0.2) is 60.9 Å². The lowest BCUT2D eigenvalue weighted by atomic mass is 10.2. The SMILES string of the molecule is Cc1ccc(NC(=O)c2cnc(-c3ccc(Cl)cc3)nc2)cc1. The second-order valence-corrected chi connectivity index (χ2v) is 5.56.